The highest BCUT2D eigenvalue weighted by molar-refractivity contribution is 8.10. The van der Waals surface area contributed by atoms with Crippen molar-refractivity contribution in [3.8, 4) is 0 Å². The normalized spacial score (nSPS) is 17.9. The van der Waals surface area contributed by atoms with E-state index in [9.17, 15) is 16.8 Å². The van der Waals surface area contributed by atoms with Gasteiger partial charge in [-0.2, -0.15) is 8.42 Å². The standard InChI is InChI=1S/C23H19ClN2O4S2/c1-15-9-11-18(12-10-15)32(29,30)26-23-22(19-7-2-3-8-21(19)25-23)20(14-31(26,27)28)16-5-4-6-17(24)13-16/h2-13,20,25H,14H2,1H3. The zero-order valence-electron chi connectivity index (χ0n) is 17.0. The number of rotatable bonds is 3. The van der Waals surface area contributed by atoms with Crippen molar-refractivity contribution in [3.05, 3.63) is 94.5 Å². The first-order chi connectivity index (χ1) is 15.2. The van der Waals surface area contributed by atoms with E-state index in [1.807, 2.05) is 31.2 Å². The number of halogens is 1. The zero-order valence-corrected chi connectivity index (χ0v) is 19.4. The van der Waals surface area contributed by atoms with Gasteiger partial charge in [0, 0.05) is 27.4 Å². The largest absolute Gasteiger partial charge is 0.339 e. The average molecular weight is 487 g/mol. The predicted molar refractivity (Wildman–Crippen MR) is 126 cm³/mol. The maximum Gasteiger partial charge on any atom is 0.278 e. The summed E-state index contributed by atoms with van der Waals surface area (Å²) in [5, 5.41) is 1.25. The predicted octanol–water partition coefficient (Wildman–Crippen LogP) is 4.80. The van der Waals surface area contributed by atoms with Gasteiger partial charge in [-0.3, -0.25) is 0 Å². The van der Waals surface area contributed by atoms with Gasteiger partial charge in [0.05, 0.1) is 10.6 Å². The number of aryl methyl sites for hydroxylation is 1. The van der Waals surface area contributed by atoms with Crippen molar-refractivity contribution in [1.29, 1.82) is 0 Å². The van der Waals surface area contributed by atoms with E-state index in [4.69, 9.17) is 11.6 Å². The summed E-state index contributed by atoms with van der Waals surface area (Å²) in [5.74, 6) is -0.926. The average Bonchev–Trinajstić information content (AvgIpc) is 3.11. The molecular formula is C23H19ClN2O4S2. The van der Waals surface area contributed by atoms with Crippen LogP contribution < -0.4 is 3.71 Å². The maximum atomic E-state index is 13.6. The third-order valence-electron chi connectivity index (χ3n) is 5.67. The molecule has 5 rings (SSSR count). The molecule has 32 heavy (non-hydrogen) atoms. The Morgan fingerprint density at radius 1 is 1.00 bits per heavy atom. The van der Waals surface area contributed by atoms with E-state index in [2.05, 4.69) is 4.98 Å². The highest BCUT2D eigenvalue weighted by atomic mass is 35.5. The fourth-order valence-electron chi connectivity index (χ4n) is 4.21. The number of aromatic amines is 1. The Balaban J connectivity index is 1.80. The van der Waals surface area contributed by atoms with Gasteiger partial charge in [-0.25, -0.2) is 8.42 Å². The molecule has 1 atom stereocenters. The molecule has 1 unspecified atom stereocenters. The molecule has 3 aromatic carbocycles. The topological polar surface area (TPSA) is 87.3 Å². The van der Waals surface area contributed by atoms with Crippen LogP contribution >= 0.6 is 11.6 Å². The molecule has 0 fully saturated rings. The van der Waals surface area contributed by atoms with Gasteiger partial charge in [0.25, 0.3) is 20.0 Å². The lowest BCUT2D eigenvalue weighted by atomic mass is 9.92. The summed E-state index contributed by atoms with van der Waals surface area (Å²) in [6.07, 6.45) is 0. The fraction of sp³-hybridized carbons (Fsp3) is 0.130. The summed E-state index contributed by atoms with van der Waals surface area (Å²) < 4.78 is 54.6. The van der Waals surface area contributed by atoms with Gasteiger partial charge < -0.3 is 4.98 Å². The van der Waals surface area contributed by atoms with E-state index < -0.39 is 31.7 Å². The minimum atomic E-state index is -4.37. The molecule has 1 N–H and O–H groups in total. The Bertz CT molecular complexity index is 1560. The summed E-state index contributed by atoms with van der Waals surface area (Å²) in [4.78, 5) is 2.97. The Kier molecular flexibility index (Phi) is 4.85. The molecule has 1 aliphatic rings. The molecule has 6 nitrogen and oxygen atoms in total. The van der Waals surface area contributed by atoms with Crippen LogP contribution in [0.3, 0.4) is 0 Å². The first-order valence-electron chi connectivity index (χ1n) is 9.89. The zero-order chi connectivity index (χ0) is 22.7. The second-order valence-corrected chi connectivity index (χ2v) is 12.2. The maximum absolute atomic E-state index is 13.6. The first-order valence-corrected chi connectivity index (χ1v) is 13.3. The number of hydrogen-bond acceptors (Lipinski definition) is 4. The third kappa shape index (κ3) is 3.30. The number of benzene rings is 3. The highest BCUT2D eigenvalue weighted by Gasteiger charge is 2.46. The van der Waals surface area contributed by atoms with Crippen LogP contribution in [0.1, 0.15) is 22.6 Å². The molecule has 1 aliphatic heterocycles. The van der Waals surface area contributed by atoms with E-state index in [-0.39, 0.29) is 10.7 Å². The Morgan fingerprint density at radius 2 is 1.72 bits per heavy atom. The number of H-pyrrole nitrogens is 1. The van der Waals surface area contributed by atoms with Crippen LogP contribution in [0, 0.1) is 6.92 Å². The van der Waals surface area contributed by atoms with Crippen LogP contribution in [-0.2, 0) is 20.0 Å². The van der Waals surface area contributed by atoms with E-state index in [1.54, 1.807) is 36.4 Å². The second kappa shape index (κ2) is 7.37. The van der Waals surface area contributed by atoms with Crippen LogP contribution in [0.5, 0.6) is 0 Å². The third-order valence-corrected chi connectivity index (χ3v) is 10.1. The molecule has 0 aliphatic carbocycles. The molecule has 4 aromatic rings. The SMILES string of the molecule is Cc1ccc(S(=O)(=O)N2c3[nH]c4ccccc4c3C(c3cccc(Cl)c3)CS2(=O)=O)cc1. The van der Waals surface area contributed by atoms with Crippen molar-refractivity contribution in [2.24, 2.45) is 0 Å². The summed E-state index contributed by atoms with van der Waals surface area (Å²) in [6, 6.07) is 20.4. The molecule has 0 saturated carbocycles. The molecule has 0 bridgehead atoms. The van der Waals surface area contributed by atoms with E-state index in [1.165, 1.54) is 12.1 Å². The van der Waals surface area contributed by atoms with Crippen molar-refractivity contribution in [3.63, 3.8) is 0 Å². The Hall–Kier alpha value is -2.81. The van der Waals surface area contributed by atoms with E-state index in [0.717, 1.165) is 10.9 Å². The van der Waals surface area contributed by atoms with Gasteiger partial charge in [0.15, 0.2) is 0 Å². The number of nitrogens with zero attached hydrogens (tertiary/aromatic N) is 1. The quantitative estimate of drug-likeness (QED) is 0.450. The minimum Gasteiger partial charge on any atom is -0.339 e. The molecule has 0 saturated heterocycles. The van der Waals surface area contributed by atoms with Crippen molar-refractivity contribution in [2.75, 3.05) is 9.46 Å². The molecular weight excluding hydrogens is 468 g/mol. The molecule has 0 amide bonds. The smallest absolute Gasteiger partial charge is 0.278 e. The van der Waals surface area contributed by atoms with Gasteiger partial charge in [0.2, 0.25) is 0 Å². The number of fused-ring (bicyclic) bond motifs is 3. The van der Waals surface area contributed by atoms with Crippen LogP contribution in [0.4, 0.5) is 5.82 Å². The number of anilines is 1. The number of aromatic nitrogens is 1. The number of sulfonamides is 2. The summed E-state index contributed by atoms with van der Waals surface area (Å²) in [7, 11) is -8.61. The second-order valence-electron chi connectivity index (χ2n) is 7.83. The van der Waals surface area contributed by atoms with E-state index in [0.29, 0.717) is 25.4 Å². The molecule has 0 radical (unpaired) electrons. The molecule has 2 heterocycles. The minimum absolute atomic E-state index is 0.0444. The number of hydrogen-bond donors (Lipinski definition) is 1. The lowest BCUT2D eigenvalue weighted by Crippen LogP contribution is -2.43. The number of nitrogens with one attached hydrogen (secondary N) is 1. The first kappa shape index (κ1) is 21.1. The summed E-state index contributed by atoms with van der Waals surface area (Å²) in [5.41, 5.74) is 2.86. The summed E-state index contributed by atoms with van der Waals surface area (Å²) >= 11 is 6.18. The monoisotopic (exact) mass is 486 g/mol. The van der Waals surface area contributed by atoms with Gasteiger partial charge in [-0.05, 0) is 42.8 Å². The Morgan fingerprint density at radius 3 is 2.44 bits per heavy atom. The molecule has 0 spiro atoms. The van der Waals surface area contributed by atoms with Crippen LogP contribution in [0.25, 0.3) is 10.9 Å². The lowest BCUT2D eigenvalue weighted by molar-refractivity contribution is 0.579. The van der Waals surface area contributed by atoms with Crippen molar-refractivity contribution in [2.45, 2.75) is 17.7 Å². The number of para-hydroxylation sites is 1. The van der Waals surface area contributed by atoms with Crippen LogP contribution in [0.15, 0.2) is 77.7 Å². The van der Waals surface area contributed by atoms with Gasteiger partial charge in [-0.1, -0.05) is 59.6 Å². The lowest BCUT2D eigenvalue weighted by Gasteiger charge is -2.32. The van der Waals surface area contributed by atoms with Crippen molar-refractivity contribution in [1.82, 2.24) is 4.98 Å². The van der Waals surface area contributed by atoms with Crippen molar-refractivity contribution < 1.29 is 16.8 Å². The van der Waals surface area contributed by atoms with Crippen LogP contribution in [-0.4, -0.2) is 27.6 Å². The van der Waals surface area contributed by atoms with Gasteiger partial charge in [0.1, 0.15) is 5.82 Å². The summed E-state index contributed by atoms with van der Waals surface area (Å²) in [6.45, 7) is 1.83. The van der Waals surface area contributed by atoms with Gasteiger partial charge in [-0.15, -0.1) is 3.71 Å². The van der Waals surface area contributed by atoms with E-state index >= 15 is 0 Å². The molecule has 1 aromatic heterocycles. The highest BCUT2D eigenvalue weighted by Crippen LogP contribution is 2.46. The molecule has 164 valence electrons. The van der Waals surface area contributed by atoms with Crippen molar-refractivity contribution >= 4 is 48.4 Å². The molecule has 9 heteroatoms. The van der Waals surface area contributed by atoms with Crippen LogP contribution in [0.2, 0.25) is 5.02 Å². The Labute approximate surface area is 191 Å². The fourth-order valence-corrected chi connectivity index (χ4v) is 8.44. The van der Waals surface area contributed by atoms with Gasteiger partial charge >= 0.3 is 0 Å².